The molecule has 0 aromatic heterocycles. The van der Waals surface area contributed by atoms with Gasteiger partial charge in [-0.15, -0.1) is 0 Å². The lowest BCUT2D eigenvalue weighted by atomic mass is 10.2. The van der Waals surface area contributed by atoms with E-state index in [1.54, 1.807) is 24.3 Å². The van der Waals surface area contributed by atoms with Crippen molar-refractivity contribution in [3.8, 4) is 6.07 Å². The predicted molar refractivity (Wildman–Crippen MR) is 84.6 cm³/mol. The second kappa shape index (κ2) is 6.44. The highest BCUT2D eigenvalue weighted by Gasteiger charge is 2.03. The molecule has 0 unspecified atom stereocenters. The van der Waals surface area contributed by atoms with Gasteiger partial charge in [0.1, 0.15) is 0 Å². The molecule has 2 aromatic carbocycles. The summed E-state index contributed by atoms with van der Waals surface area (Å²) in [6, 6.07) is 16.0. The van der Waals surface area contributed by atoms with E-state index in [4.69, 9.17) is 5.26 Å². The molecular weight excluding hydrogens is 264 g/mol. The molecule has 0 aliphatic carbocycles. The van der Waals surface area contributed by atoms with E-state index in [0.717, 1.165) is 5.69 Å². The second-order valence-corrected chi connectivity index (χ2v) is 4.71. The average Bonchev–Trinajstić information content (AvgIpc) is 2.47. The molecule has 0 atom stereocenters. The third-order valence-electron chi connectivity index (χ3n) is 2.89. The lowest BCUT2D eigenvalue weighted by Gasteiger charge is -2.13. The fourth-order valence-electron chi connectivity index (χ4n) is 1.80. The van der Waals surface area contributed by atoms with E-state index >= 15 is 0 Å². The number of carbonyl (C=O) groups excluding carboxylic acids is 1. The molecule has 0 saturated carbocycles. The quantitative estimate of drug-likeness (QED) is 0.906. The minimum atomic E-state index is -0.345. The van der Waals surface area contributed by atoms with Gasteiger partial charge < -0.3 is 15.5 Å². The molecule has 2 rings (SSSR count). The number of carbonyl (C=O) groups is 1. The number of anilines is 3. The van der Waals surface area contributed by atoms with Crippen molar-refractivity contribution in [1.29, 1.82) is 5.26 Å². The van der Waals surface area contributed by atoms with E-state index in [2.05, 4.69) is 10.6 Å². The fraction of sp³-hybridized carbons (Fsp3) is 0.125. The maximum absolute atomic E-state index is 11.9. The molecule has 0 aliphatic heterocycles. The standard InChI is InChI=1S/C16H16N4O/c1-20(2)15-8-6-13(7-9-15)18-16(21)19-14-5-3-4-12(10-14)11-17/h3-10H,1-2H3,(H2,18,19,21). The highest BCUT2D eigenvalue weighted by molar-refractivity contribution is 5.99. The molecule has 0 radical (unpaired) electrons. The zero-order valence-electron chi connectivity index (χ0n) is 11.9. The van der Waals surface area contributed by atoms with Gasteiger partial charge in [0.25, 0.3) is 0 Å². The molecule has 21 heavy (non-hydrogen) atoms. The number of amides is 2. The molecular formula is C16H16N4O. The van der Waals surface area contributed by atoms with Crippen LogP contribution >= 0.6 is 0 Å². The number of hydrogen-bond donors (Lipinski definition) is 2. The number of nitrogens with zero attached hydrogens (tertiary/aromatic N) is 2. The van der Waals surface area contributed by atoms with E-state index in [1.807, 2.05) is 49.3 Å². The van der Waals surface area contributed by atoms with Crippen LogP contribution in [0.5, 0.6) is 0 Å². The number of benzene rings is 2. The van der Waals surface area contributed by atoms with Crippen molar-refractivity contribution in [3.63, 3.8) is 0 Å². The first-order chi connectivity index (χ1) is 10.1. The first-order valence-corrected chi connectivity index (χ1v) is 6.44. The Labute approximate surface area is 123 Å². The minimum absolute atomic E-state index is 0.345. The summed E-state index contributed by atoms with van der Waals surface area (Å²) in [4.78, 5) is 13.9. The third-order valence-corrected chi connectivity index (χ3v) is 2.89. The molecule has 2 aromatic rings. The van der Waals surface area contributed by atoms with E-state index < -0.39 is 0 Å². The van der Waals surface area contributed by atoms with Crippen LogP contribution in [0.25, 0.3) is 0 Å². The van der Waals surface area contributed by atoms with Crippen molar-refractivity contribution >= 4 is 23.1 Å². The molecule has 0 bridgehead atoms. The predicted octanol–water partition coefficient (Wildman–Crippen LogP) is 3.27. The number of hydrogen-bond acceptors (Lipinski definition) is 3. The zero-order chi connectivity index (χ0) is 15.2. The van der Waals surface area contributed by atoms with Crippen LogP contribution in [0.1, 0.15) is 5.56 Å². The maximum atomic E-state index is 11.9. The minimum Gasteiger partial charge on any atom is -0.378 e. The summed E-state index contributed by atoms with van der Waals surface area (Å²) in [5.41, 5.74) is 2.84. The van der Waals surface area contributed by atoms with Gasteiger partial charge in [-0.2, -0.15) is 5.26 Å². The fourth-order valence-corrected chi connectivity index (χ4v) is 1.80. The molecule has 2 N–H and O–H groups in total. The van der Waals surface area contributed by atoms with Crippen LogP contribution in [0, 0.1) is 11.3 Å². The Balaban J connectivity index is 1.99. The van der Waals surface area contributed by atoms with E-state index in [1.165, 1.54) is 0 Å². The first kappa shape index (κ1) is 14.4. The summed E-state index contributed by atoms with van der Waals surface area (Å²) >= 11 is 0. The molecule has 0 saturated heterocycles. The van der Waals surface area contributed by atoms with Gasteiger partial charge >= 0.3 is 6.03 Å². The molecule has 106 valence electrons. The molecule has 2 amide bonds. The van der Waals surface area contributed by atoms with Gasteiger partial charge in [0, 0.05) is 31.2 Å². The van der Waals surface area contributed by atoms with Crippen LogP contribution in [0.2, 0.25) is 0 Å². The molecule has 5 nitrogen and oxygen atoms in total. The van der Waals surface area contributed by atoms with Gasteiger partial charge in [-0.3, -0.25) is 0 Å². The number of nitriles is 1. The van der Waals surface area contributed by atoms with Crippen molar-refractivity contribution in [1.82, 2.24) is 0 Å². The Kier molecular flexibility index (Phi) is 4.42. The monoisotopic (exact) mass is 280 g/mol. The largest absolute Gasteiger partial charge is 0.378 e. The van der Waals surface area contributed by atoms with Crippen LogP contribution in [0.4, 0.5) is 21.9 Å². The summed E-state index contributed by atoms with van der Waals surface area (Å²) < 4.78 is 0. The summed E-state index contributed by atoms with van der Waals surface area (Å²) in [6.45, 7) is 0. The maximum Gasteiger partial charge on any atom is 0.323 e. The van der Waals surface area contributed by atoms with Crippen LogP contribution in [0.15, 0.2) is 48.5 Å². The number of nitrogens with one attached hydrogen (secondary N) is 2. The van der Waals surface area contributed by atoms with Gasteiger partial charge in [0.05, 0.1) is 11.6 Å². The van der Waals surface area contributed by atoms with Crippen molar-refractivity contribution in [2.24, 2.45) is 0 Å². The first-order valence-electron chi connectivity index (χ1n) is 6.44. The van der Waals surface area contributed by atoms with Crippen LogP contribution in [-0.4, -0.2) is 20.1 Å². The smallest absolute Gasteiger partial charge is 0.323 e. The Morgan fingerprint density at radius 3 is 2.33 bits per heavy atom. The topological polar surface area (TPSA) is 68.2 Å². The Morgan fingerprint density at radius 1 is 1.05 bits per heavy atom. The van der Waals surface area contributed by atoms with Gasteiger partial charge in [-0.05, 0) is 42.5 Å². The van der Waals surface area contributed by atoms with Gasteiger partial charge in [0.2, 0.25) is 0 Å². The van der Waals surface area contributed by atoms with Crippen LogP contribution < -0.4 is 15.5 Å². The van der Waals surface area contributed by atoms with Crippen LogP contribution in [-0.2, 0) is 0 Å². The molecule has 0 spiro atoms. The summed E-state index contributed by atoms with van der Waals surface area (Å²) in [7, 11) is 3.91. The molecule has 0 heterocycles. The summed E-state index contributed by atoms with van der Waals surface area (Å²) in [5.74, 6) is 0. The Morgan fingerprint density at radius 2 is 1.71 bits per heavy atom. The van der Waals surface area contributed by atoms with Gasteiger partial charge in [-0.1, -0.05) is 6.07 Å². The van der Waals surface area contributed by atoms with E-state index in [9.17, 15) is 4.79 Å². The Bertz CT molecular complexity index is 671. The lowest BCUT2D eigenvalue weighted by molar-refractivity contribution is 0.262. The van der Waals surface area contributed by atoms with Crippen molar-refractivity contribution in [3.05, 3.63) is 54.1 Å². The van der Waals surface area contributed by atoms with Crippen LogP contribution in [0.3, 0.4) is 0 Å². The number of rotatable bonds is 3. The molecule has 0 fully saturated rings. The van der Waals surface area contributed by atoms with Crippen molar-refractivity contribution < 1.29 is 4.79 Å². The summed E-state index contributed by atoms with van der Waals surface area (Å²) in [5, 5.41) is 14.3. The highest BCUT2D eigenvalue weighted by Crippen LogP contribution is 2.16. The highest BCUT2D eigenvalue weighted by atomic mass is 16.2. The van der Waals surface area contributed by atoms with Crippen molar-refractivity contribution in [2.75, 3.05) is 29.6 Å². The Hall–Kier alpha value is -3.00. The van der Waals surface area contributed by atoms with E-state index in [-0.39, 0.29) is 6.03 Å². The van der Waals surface area contributed by atoms with Gasteiger partial charge in [0.15, 0.2) is 0 Å². The molecule has 0 aliphatic rings. The third kappa shape index (κ3) is 3.98. The summed E-state index contributed by atoms with van der Waals surface area (Å²) in [6.07, 6.45) is 0. The van der Waals surface area contributed by atoms with Crippen molar-refractivity contribution in [2.45, 2.75) is 0 Å². The molecule has 5 heteroatoms. The SMILES string of the molecule is CN(C)c1ccc(NC(=O)Nc2cccc(C#N)c2)cc1. The normalized spacial score (nSPS) is 9.57. The number of urea groups is 1. The van der Waals surface area contributed by atoms with Gasteiger partial charge in [-0.25, -0.2) is 4.79 Å². The average molecular weight is 280 g/mol. The zero-order valence-corrected chi connectivity index (χ0v) is 11.9. The second-order valence-electron chi connectivity index (χ2n) is 4.71. The van der Waals surface area contributed by atoms with E-state index in [0.29, 0.717) is 16.9 Å². The lowest BCUT2D eigenvalue weighted by Crippen LogP contribution is -2.19.